The molecule has 2 aliphatic rings. The number of imidazole rings is 1. The van der Waals surface area contributed by atoms with Gasteiger partial charge in [0.2, 0.25) is 5.95 Å². The van der Waals surface area contributed by atoms with Gasteiger partial charge in [-0.2, -0.15) is 0 Å². The lowest BCUT2D eigenvalue weighted by molar-refractivity contribution is 0.415. The van der Waals surface area contributed by atoms with Gasteiger partial charge in [-0.25, -0.2) is 15.0 Å². The second-order valence-electron chi connectivity index (χ2n) is 10.0. The van der Waals surface area contributed by atoms with Crippen molar-refractivity contribution in [1.82, 2.24) is 19.5 Å². The number of nitrogens with one attached hydrogen (secondary N) is 1. The summed E-state index contributed by atoms with van der Waals surface area (Å²) in [6.07, 6.45) is 15.4. The van der Waals surface area contributed by atoms with Crippen molar-refractivity contribution >= 4 is 29.2 Å². The molecule has 0 radical (unpaired) electrons. The van der Waals surface area contributed by atoms with Gasteiger partial charge in [-0.3, -0.25) is 0 Å². The summed E-state index contributed by atoms with van der Waals surface area (Å²) in [6, 6.07) is 8.27. The van der Waals surface area contributed by atoms with Crippen LogP contribution in [-0.4, -0.2) is 25.6 Å². The van der Waals surface area contributed by atoms with E-state index < -0.39 is 0 Å². The van der Waals surface area contributed by atoms with Gasteiger partial charge in [-0.15, -0.1) is 0 Å². The molecule has 7 heteroatoms. The van der Waals surface area contributed by atoms with Gasteiger partial charge in [0.1, 0.15) is 5.82 Å². The number of nitrogens with zero attached hydrogens (tertiary/aromatic N) is 4. The third-order valence-corrected chi connectivity index (χ3v) is 8.18. The maximum atomic E-state index is 6.45. The lowest BCUT2D eigenvalue weighted by atomic mass is 9.88. The zero-order valence-corrected chi connectivity index (χ0v) is 22.1. The zero-order valence-electron chi connectivity index (χ0n) is 20.6. The van der Waals surface area contributed by atoms with Crippen LogP contribution < -0.4 is 5.32 Å². The quantitative estimate of drug-likeness (QED) is 0.345. The van der Waals surface area contributed by atoms with Crippen LogP contribution in [0.1, 0.15) is 89.3 Å². The van der Waals surface area contributed by atoms with Gasteiger partial charge < -0.3 is 9.88 Å². The Hall–Kier alpha value is -2.11. The molecule has 5 nitrogen and oxygen atoms in total. The zero-order chi connectivity index (χ0) is 24.2. The van der Waals surface area contributed by atoms with Gasteiger partial charge in [0.15, 0.2) is 0 Å². The fourth-order valence-electron chi connectivity index (χ4n) is 5.69. The average Bonchev–Trinajstić information content (AvgIpc) is 3.26. The Labute approximate surface area is 218 Å². The molecule has 0 saturated heterocycles. The van der Waals surface area contributed by atoms with Gasteiger partial charge >= 0.3 is 0 Å². The molecular weight excluding hydrogens is 477 g/mol. The van der Waals surface area contributed by atoms with Crippen LogP contribution in [0.2, 0.25) is 10.0 Å². The summed E-state index contributed by atoms with van der Waals surface area (Å²) in [7, 11) is 0. The summed E-state index contributed by atoms with van der Waals surface area (Å²) in [6.45, 7) is 3.13. The Morgan fingerprint density at radius 2 is 1.66 bits per heavy atom. The van der Waals surface area contributed by atoms with Gasteiger partial charge in [0.25, 0.3) is 0 Å². The molecule has 2 aliphatic carbocycles. The largest absolute Gasteiger partial charge is 0.351 e. The molecule has 1 aromatic carbocycles. The molecule has 2 heterocycles. The SMILES string of the molecule is CCCn1c(C2CCCCC2)nc(-c2ccc(Cl)c(Cl)c2)c1-c1ccnc(NC2CCCCC2)n1. The van der Waals surface area contributed by atoms with E-state index in [1.165, 1.54) is 70.0 Å². The molecule has 0 unspecified atom stereocenters. The predicted octanol–water partition coefficient (Wildman–Crippen LogP) is 8.52. The Kier molecular flexibility index (Phi) is 7.94. The van der Waals surface area contributed by atoms with E-state index in [0.717, 1.165) is 35.6 Å². The highest BCUT2D eigenvalue weighted by Crippen LogP contribution is 2.40. The average molecular weight is 513 g/mol. The second kappa shape index (κ2) is 11.3. The maximum absolute atomic E-state index is 6.45. The van der Waals surface area contributed by atoms with Crippen LogP contribution in [0.25, 0.3) is 22.6 Å². The number of benzene rings is 1. The lowest BCUT2D eigenvalue weighted by Crippen LogP contribution is -2.23. The molecule has 0 bridgehead atoms. The normalized spacial score (nSPS) is 17.6. The molecule has 35 heavy (non-hydrogen) atoms. The van der Waals surface area contributed by atoms with E-state index in [0.29, 0.717) is 28.0 Å². The molecule has 5 rings (SSSR count). The maximum Gasteiger partial charge on any atom is 0.223 e. The van der Waals surface area contributed by atoms with Crippen molar-refractivity contribution in [2.24, 2.45) is 0 Å². The number of hydrogen-bond donors (Lipinski definition) is 1. The predicted molar refractivity (Wildman–Crippen MR) is 145 cm³/mol. The molecule has 2 aromatic heterocycles. The smallest absolute Gasteiger partial charge is 0.223 e. The summed E-state index contributed by atoms with van der Waals surface area (Å²) < 4.78 is 2.42. The molecule has 0 atom stereocenters. The van der Waals surface area contributed by atoms with Crippen LogP contribution in [0.15, 0.2) is 30.5 Å². The number of rotatable bonds is 7. The van der Waals surface area contributed by atoms with Crippen LogP contribution in [0, 0.1) is 0 Å². The highest BCUT2D eigenvalue weighted by Gasteiger charge is 2.27. The first-order valence-electron chi connectivity index (χ1n) is 13.3. The van der Waals surface area contributed by atoms with Crippen LogP contribution in [0.4, 0.5) is 5.95 Å². The monoisotopic (exact) mass is 511 g/mol. The molecule has 2 saturated carbocycles. The molecule has 0 amide bonds. The van der Waals surface area contributed by atoms with Crippen molar-refractivity contribution in [2.75, 3.05) is 5.32 Å². The van der Waals surface area contributed by atoms with Crippen molar-refractivity contribution in [3.63, 3.8) is 0 Å². The van der Waals surface area contributed by atoms with Gasteiger partial charge in [0, 0.05) is 30.3 Å². The number of halogens is 2. The Morgan fingerprint density at radius 1 is 0.914 bits per heavy atom. The third kappa shape index (κ3) is 5.51. The minimum atomic E-state index is 0.451. The Bertz CT molecular complexity index is 1150. The Balaban J connectivity index is 1.62. The molecule has 0 spiro atoms. The first-order chi connectivity index (χ1) is 17.1. The summed E-state index contributed by atoms with van der Waals surface area (Å²) in [4.78, 5) is 14.9. The van der Waals surface area contributed by atoms with Crippen LogP contribution >= 0.6 is 23.2 Å². The molecule has 3 aromatic rings. The molecule has 186 valence electrons. The van der Waals surface area contributed by atoms with E-state index >= 15 is 0 Å². The first-order valence-corrected chi connectivity index (χ1v) is 14.1. The van der Waals surface area contributed by atoms with Crippen molar-refractivity contribution in [1.29, 1.82) is 0 Å². The Morgan fingerprint density at radius 3 is 2.37 bits per heavy atom. The lowest BCUT2D eigenvalue weighted by Gasteiger charge is -2.23. The van der Waals surface area contributed by atoms with Crippen molar-refractivity contribution in [3.8, 4) is 22.6 Å². The minimum absolute atomic E-state index is 0.451. The number of hydrogen-bond acceptors (Lipinski definition) is 4. The van der Waals surface area contributed by atoms with Gasteiger partial charge in [-0.05, 0) is 50.3 Å². The standard InChI is InChI=1S/C28H35Cl2N5/c1-2-17-35-26(24-15-16-31-28(33-24)32-21-11-7-4-8-12-21)25(20-13-14-22(29)23(30)18-20)34-27(35)19-9-5-3-6-10-19/h13-16,18-19,21H,2-12,17H2,1H3,(H,31,32,33). The van der Waals surface area contributed by atoms with Crippen molar-refractivity contribution in [3.05, 3.63) is 46.3 Å². The van der Waals surface area contributed by atoms with E-state index in [1.807, 2.05) is 30.5 Å². The highest BCUT2D eigenvalue weighted by atomic mass is 35.5. The van der Waals surface area contributed by atoms with Crippen molar-refractivity contribution < 1.29 is 0 Å². The summed E-state index contributed by atoms with van der Waals surface area (Å²) in [5.74, 6) is 2.37. The van der Waals surface area contributed by atoms with Gasteiger partial charge in [-0.1, -0.05) is 74.7 Å². The van der Waals surface area contributed by atoms with Crippen LogP contribution in [0.3, 0.4) is 0 Å². The van der Waals surface area contributed by atoms with E-state index in [1.54, 1.807) is 0 Å². The van der Waals surface area contributed by atoms with Crippen LogP contribution in [0.5, 0.6) is 0 Å². The molecule has 0 aliphatic heterocycles. The van der Waals surface area contributed by atoms with E-state index in [2.05, 4.69) is 21.8 Å². The second-order valence-corrected chi connectivity index (χ2v) is 10.8. The molecule has 1 N–H and O–H groups in total. The fraction of sp³-hybridized carbons (Fsp3) is 0.536. The van der Waals surface area contributed by atoms with Crippen LogP contribution in [-0.2, 0) is 6.54 Å². The summed E-state index contributed by atoms with van der Waals surface area (Å²) >= 11 is 12.7. The third-order valence-electron chi connectivity index (χ3n) is 7.44. The minimum Gasteiger partial charge on any atom is -0.351 e. The van der Waals surface area contributed by atoms with Crippen molar-refractivity contribution in [2.45, 2.75) is 96.1 Å². The summed E-state index contributed by atoms with van der Waals surface area (Å²) in [5.41, 5.74) is 3.86. The van der Waals surface area contributed by atoms with E-state index in [9.17, 15) is 0 Å². The molecular formula is C28H35Cl2N5. The van der Waals surface area contributed by atoms with Gasteiger partial charge in [0.05, 0.1) is 27.1 Å². The highest BCUT2D eigenvalue weighted by molar-refractivity contribution is 6.42. The number of aromatic nitrogens is 4. The van der Waals surface area contributed by atoms with E-state index in [4.69, 9.17) is 33.2 Å². The number of anilines is 1. The first kappa shape index (κ1) is 24.6. The topological polar surface area (TPSA) is 55.6 Å². The molecule has 2 fully saturated rings. The fourth-order valence-corrected chi connectivity index (χ4v) is 5.98. The summed E-state index contributed by atoms with van der Waals surface area (Å²) in [5, 5.41) is 4.70. The van der Waals surface area contributed by atoms with E-state index in [-0.39, 0.29) is 0 Å².